The monoisotopic (exact) mass is 360 g/mol. The Labute approximate surface area is 158 Å². The highest BCUT2D eigenvalue weighted by molar-refractivity contribution is 5.82. The molecule has 0 aromatic heterocycles. The Hall–Kier alpha value is -1.51. The van der Waals surface area contributed by atoms with E-state index in [0.717, 1.165) is 43.2 Å². The second-order valence-electron chi connectivity index (χ2n) is 8.98. The summed E-state index contributed by atoms with van der Waals surface area (Å²) in [6.45, 7) is 12.7. The molecule has 0 aliphatic heterocycles. The van der Waals surface area contributed by atoms with Crippen LogP contribution in [0.5, 0.6) is 11.5 Å². The predicted molar refractivity (Wildman–Crippen MR) is 107 cm³/mol. The topological polar surface area (TPSA) is 57.5 Å². The minimum atomic E-state index is 0.0916. The number of ketones is 1. The van der Waals surface area contributed by atoms with Crippen LogP contribution >= 0.6 is 0 Å². The number of rotatable bonds is 6. The fraction of sp³-hybridized carbons (Fsp3) is 0.696. The van der Waals surface area contributed by atoms with Gasteiger partial charge in [0.15, 0.2) is 0 Å². The Kier molecular flexibility index (Phi) is 6.42. The van der Waals surface area contributed by atoms with Gasteiger partial charge in [0.2, 0.25) is 0 Å². The van der Waals surface area contributed by atoms with Crippen molar-refractivity contribution in [2.45, 2.75) is 80.1 Å². The maximum Gasteiger partial charge on any atom is 0.136 e. The number of aryl methyl sites for hydroxylation is 1. The van der Waals surface area contributed by atoms with E-state index in [1.165, 1.54) is 0 Å². The summed E-state index contributed by atoms with van der Waals surface area (Å²) >= 11 is 0. The van der Waals surface area contributed by atoms with Crippen molar-refractivity contribution in [2.24, 2.45) is 23.2 Å². The number of phenolic OH excluding ortho intramolecular Hbond substituents is 2. The molecule has 146 valence electrons. The molecule has 0 bridgehead atoms. The molecule has 1 saturated carbocycles. The third-order valence-corrected chi connectivity index (χ3v) is 7.38. The molecule has 0 saturated heterocycles. The van der Waals surface area contributed by atoms with Crippen molar-refractivity contribution in [2.75, 3.05) is 0 Å². The van der Waals surface area contributed by atoms with Crippen LogP contribution < -0.4 is 0 Å². The fourth-order valence-corrected chi connectivity index (χ4v) is 4.44. The van der Waals surface area contributed by atoms with Crippen molar-refractivity contribution in [1.29, 1.82) is 0 Å². The minimum absolute atomic E-state index is 0.0916. The van der Waals surface area contributed by atoms with Gasteiger partial charge in [0.25, 0.3) is 0 Å². The van der Waals surface area contributed by atoms with Crippen LogP contribution in [-0.4, -0.2) is 16.0 Å². The van der Waals surface area contributed by atoms with Crippen molar-refractivity contribution in [3.05, 3.63) is 22.8 Å². The molecular weight excluding hydrogens is 324 g/mol. The minimum Gasteiger partial charge on any atom is -0.508 e. The molecule has 0 amide bonds. The lowest BCUT2D eigenvalue weighted by molar-refractivity contribution is -0.132. The Morgan fingerprint density at radius 3 is 2.54 bits per heavy atom. The Morgan fingerprint density at radius 2 is 1.88 bits per heavy atom. The number of hydrogen-bond donors (Lipinski definition) is 2. The van der Waals surface area contributed by atoms with Gasteiger partial charge >= 0.3 is 0 Å². The number of hydrogen-bond acceptors (Lipinski definition) is 3. The zero-order valence-electron chi connectivity index (χ0n) is 17.4. The van der Waals surface area contributed by atoms with E-state index in [0.29, 0.717) is 29.6 Å². The molecule has 2 N–H and O–H groups in total. The first-order chi connectivity index (χ1) is 12.1. The van der Waals surface area contributed by atoms with Crippen molar-refractivity contribution in [3.63, 3.8) is 0 Å². The normalized spacial score (nSPS) is 27.5. The number of carbonyl (C=O) groups excluding carboxylic acids is 1. The van der Waals surface area contributed by atoms with E-state index in [1.54, 1.807) is 6.07 Å². The van der Waals surface area contributed by atoms with Gasteiger partial charge in [-0.15, -0.1) is 0 Å². The zero-order valence-corrected chi connectivity index (χ0v) is 17.4. The molecule has 1 fully saturated rings. The van der Waals surface area contributed by atoms with Crippen molar-refractivity contribution in [3.8, 4) is 11.5 Å². The molecule has 3 heteroatoms. The summed E-state index contributed by atoms with van der Waals surface area (Å²) in [5.41, 5.74) is 2.52. The summed E-state index contributed by atoms with van der Waals surface area (Å²) in [5.74, 6) is 2.07. The van der Waals surface area contributed by atoms with Gasteiger partial charge in [0, 0.05) is 17.9 Å². The van der Waals surface area contributed by atoms with Crippen LogP contribution in [0.25, 0.3) is 0 Å². The summed E-state index contributed by atoms with van der Waals surface area (Å²) in [4.78, 5) is 12.2. The van der Waals surface area contributed by atoms with Crippen molar-refractivity contribution < 1.29 is 15.0 Å². The summed E-state index contributed by atoms with van der Waals surface area (Å²) in [5, 5.41) is 20.5. The summed E-state index contributed by atoms with van der Waals surface area (Å²) in [7, 11) is 0. The van der Waals surface area contributed by atoms with Gasteiger partial charge in [-0.05, 0) is 74.0 Å². The Morgan fingerprint density at radius 1 is 1.23 bits per heavy atom. The van der Waals surface area contributed by atoms with Gasteiger partial charge < -0.3 is 10.2 Å². The van der Waals surface area contributed by atoms with Gasteiger partial charge in [0.1, 0.15) is 17.3 Å². The molecule has 26 heavy (non-hydrogen) atoms. The van der Waals surface area contributed by atoms with E-state index in [-0.39, 0.29) is 22.8 Å². The highest BCUT2D eigenvalue weighted by Crippen LogP contribution is 2.47. The fourth-order valence-electron chi connectivity index (χ4n) is 4.44. The number of Topliss-reactive ketones (excluding diaryl/α,β-unsaturated/α-hetero) is 1. The molecule has 1 unspecified atom stereocenters. The van der Waals surface area contributed by atoms with E-state index in [1.807, 2.05) is 13.8 Å². The van der Waals surface area contributed by atoms with Gasteiger partial charge in [-0.2, -0.15) is 0 Å². The molecule has 3 nitrogen and oxygen atoms in total. The maximum absolute atomic E-state index is 12.2. The summed E-state index contributed by atoms with van der Waals surface area (Å²) in [6, 6.07) is 1.74. The molecule has 2 rings (SSSR count). The SMILES string of the molecule is Cc1cc(O)c(CCC(C)CC[C@@]2(C)[C@H](C)CCC(=O)[C@@H]2C)c(O)c1C. The maximum atomic E-state index is 12.2. The van der Waals surface area contributed by atoms with Crippen molar-refractivity contribution in [1.82, 2.24) is 0 Å². The Balaban J connectivity index is 1.97. The second-order valence-corrected chi connectivity index (χ2v) is 8.98. The van der Waals surface area contributed by atoms with Crippen LogP contribution in [0.15, 0.2) is 6.07 Å². The Bertz CT molecular complexity index is 664. The van der Waals surface area contributed by atoms with E-state index >= 15 is 0 Å². The lowest BCUT2D eigenvalue weighted by atomic mass is 9.59. The van der Waals surface area contributed by atoms with E-state index in [9.17, 15) is 15.0 Å². The molecule has 1 aliphatic rings. The molecule has 0 spiro atoms. The largest absolute Gasteiger partial charge is 0.508 e. The summed E-state index contributed by atoms with van der Waals surface area (Å²) in [6.07, 6.45) is 5.49. The highest BCUT2D eigenvalue weighted by Gasteiger charge is 2.43. The average Bonchev–Trinajstić information content (AvgIpc) is 2.59. The first-order valence-corrected chi connectivity index (χ1v) is 10.1. The molecule has 0 radical (unpaired) electrons. The molecular formula is C23H36O3. The molecule has 4 atom stereocenters. The zero-order chi connectivity index (χ0) is 19.6. The third-order valence-electron chi connectivity index (χ3n) is 7.38. The van der Waals surface area contributed by atoms with E-state index < -0.39 is 0 Å². The van der Waals surface area contributed by atoms with Gasteiger partial charge in [-0.1, -0.05) is 34.1 Å². The lowest BCUT2D eigenvalue weighted by Gasteiger charge is -2.44. The van der Waals surface area contributed by atoms with Crippen LogP contribution in [-0.2, 0) is 11.2 Å². The van der Waals surface area contributed by atoms with Crippen LogP contribution in [0.4, 0.5) is 0 Å². The molecule has 1 aromatic carbocycles. The summed E-state index contributed by atoms with van der Waals surface area (Å²) < 4.78 is 0. The third kappa shape index (κ3) is 4.07. The first kappa shape index (κ1) is 20.8. The predicted octanol–water partition coefficient (Wildman–Crippen LogP) is 5.70. The van der Waals surface area contributed by atoms with Gasteiger partial charge in [-0.25, -0.2) is 0 Å². The van der Waals surface area contributed by atoms with Crippen LogP contribution in [0.2, 0.25) is 0 Å². The number of benzene rings is 1. The molecule has 1 aromatic rings. The van der Waals surface area contributed by atoms with E-state index in [4.69, 9.17) is 0 Å². The number of aromatic hydroxyl groups is 2. The highest BCUT2D eigenvalue weighted by atomic mass is 16.3. The smallest absolute Gasteiger partial charge is 0.136 e. The number of carbonyl (C=O) groups is 1. The van der Waals surface area contributed by atoms with Gasteiger partial charge in [-0.3, -0.25) is 4.79 Å². The average molecular weight is 361 g/mol. The van der Waals surface area contributed by atoms with Crippen molar-refractivity contribution >= 4 is 5.78 Å². The van der Waals surface area contributed by atoms with Crippen LogP contribution in [0, 0.1) is 37.0 Å². The standard InChI is InChI=1S/C23H36O3/c1-14(7-9-19-21(25)13-15(2)17(4)22(19)26)11-12-23(6)16(3)8-10-20(24)18(23)5/h13-14,16,18,25-26H,7-12H2,1-6H3/t14?,16-,18+,23+/m1/s1. The molecule has 1 aliphatic carbocycles. The first-order valence-electron chi connectivity index (χ1n) is 10.1. The van der Waals surface area contributed by atoms with Gasteiger partial charge in [0.05, 0.1) is 0 Å². The lowest BCUT2D eigenvalue weighted by Crippen LogP contribution is -2.41. The quantitative estimate of drug-likeness (QED) is 0.683. The second kappa shape index (κ2) is 8.02. The van der Waals surface area contributed by atoms with E-state index in [2.05, 4.69) is 27.7 Å². The van der Waals surface area contributed by atoms with Crippen LogP contribution in [0.3, 0.4) is 0 Å². The number of phenols is 2. The molecule has 0 heterocycles. The van der Waals surface area contributed by atoms with Crippen LogP contribution in [0.1, 0.15) is 76.5 Å².